The van der Waals surface area contributed by atoms with E-state index in [0.29, 0.717) is 24.6 Å². The van der Waals surface area contributed by atoms with Crippen LogP contribution in [0.15, 0.2) is 53.1 Å². The monoisotopic (exact) mass is 378 g/mol. The van der Waals surface area contributed by atoms with E-state index >= 15 is 0 Å². The summed E-state index contributed by atoms with van der Waals surface area (Å²) in [7, 11) is -2.98. The van der Waals surface area contributed by atoms with Crippen molar-refractivity contribution in [3.05, 3.63) is 60.1 Å². The molecule has 1 aromatic carbocycles. The average molecular weight is 379 g/mol. The first-order chi connectivity index (χ1) is 12.0. The molecule has 0 amide bonds. The molecule has 1 saturated heterocycles. The molecule has 2 aromatic rings. The SMILES string of the molecule is O=S1(=O)CC[C@H](N(Cc2ccco2)C(=S)NCCc2ccccc2)C1. The van der Waals surface area contributed by atoms with Gasteiger partial charge in [-0.3, -0.25) is 0 Å². The number of nitrogens with one attached hydrogen (secondary N) is 1. The second kappa shape index (κ2) is 8.01. The van der Waals surface area contributed by atoms with Crippen LogP contribution >= 0.6 is 12.2 Å². The molecule has 7 heteroatoms. The summed E-state index contributed by atoms with van der Waals surface area (Å²) >= 11 is 5.55. The first-order valence-corrected chi connectivity index (χ1v) is 10.6. The molecule has 134 valence electrons. The van der Waals surface area contributed by atoms with Gasteiger partial charge in [-0.2, -0.15) is 0 Å². The Hall–Kier alpha value is -1.86. The minimum Gasteiger partial charge on any atom is -0.467 e. The Kier molecular flexibility index (Phi) is 5.75. The second-order valence-electron chi connectivity index (χ2n) is 6.23. The molecule has 0 spiro atoms. The molecular weight excluding hydrogens is 356 g/mol. The molecule has 0 unspecified atom stereocenters. The number of rotatable bonds is 6. The maximum absolute atomic E-state index is 11.9. The Morgan fingerprint density at radius 1 is 1.24 bits per heavy atom. The van der Waals surface area contributed by atoms with E-state index in [9.17, 15) is 8.42 Å². The van der Waals surface area contributed by atoms with Crippen LogP contribution in [0.25, 0.3) is 0 Å². The summed E-state index contributed by atoms with van der Waals surface area (Å²) in [6, 6.07) is 13.8. The molecule has 0 aliphatic carbocycles. The van der Waals surface area contributed by atoms with Crippen molar-refractivity contribution >= 4 is 27.2 Å². The molecule has 5 nitrogen and oxygen atoms in total. The third-order valence-corrected chi connectivity index (χ3v) is 6.48. The molecule has 25 heavy (non-hydrogen) atoms. The van der Waals surface area contributed by atoms with E-state index < -0.39 is 9.84 Å². The van der Waals surface area contributed by atoms with Gasteiger partial charge in [-0.25, -0.2) is 8.42 Å². The van der Waals surface area contributed by atoms with Crippen molar-refractivity contribution in [2.24, 2.45) is 0 Å². The van der Waals surface area contributed by atoms with Crippen LogP contribution in [0, 0.1) is 0 Å². The molecule has 1 atom stereocenters. The quantitative estimate of drug-likeness (QED) is 0.779. The van der Waals surface area contributed by atoms with Gasteiger partial charge in [0.05, 0.1) is 24.3 Å². The van der Waals surface area contributed by atoms with Crippen molar-refractivity contribution in [3.63, 3.8) is 0 Å². The number of hydrogen-bond donors (Lipinski definition) is 1. The minimum atomic E-state index is -2.98. The van der Waals surface area contributed by atoms with E-state index in [1.54, 1.807) is 6.26 Å². The number of nitrogens with zero attached hydrogens (tertiary/aromatic N) is 1. The van der Waals surface area contributed by atoms with E-state index in [-0.39, 0.29) is 17.5 Å². The van der Waals surface area contributed by atoms with Crippen LogP contribution in [0.2, 0.25) is 0 Å². The van der Waals surface area contributed by atoms with E-state index in [2.05, 4.69) is 17.4 Å². The van der Waals surface area contributed by atoms with Crippen molar-refractivity contribution < 1.29 is 12.8 Å². The van der Waals surface area contributed by atoms with Crippen LogP contribution < -0.4 is 5.32 Å². The Morgan fingerprint density at radius 3 is 2.68 bits per heavy atom. The first-order valence-electron chi connectivity index (χ1n) is 8.35. The van der Waals surface area contributed by atoms with Crippen molar-refractivity contribution in [2.75, 3.05) is 18.1 Å². The lowest BCUT2D eigenvalue weighted by Gasteiger charge is -2.30. The van der Waals surface area contributed by atoms with Gasteiger partial charge in [0.1, 0.15) is 5.76 Å². The molecule has 0 saturated carbocycles. The van der Waals surface area contributed by atoms with Crippen molar-refractivity contribution in [1.29, 1.82) is 0 Å². The van der Waals surface area contributed by atoms with Gasteiger partial charge in [-0.05, 0) is 42.8 Å². The fourth-order valence-electron chi connectivity index (χ4n) is 3.02. The highest BCUT2D eigenvalue weighted by molar-refractivity contribution is 7.91. The van der Waals surface area contributed by atoms with Gasteiger partial charge < -0.3 is 14.6 Å². The lowest BCUT2D eigenvalue weighted by atomic mass is 10.1. The Balaban J connectivity index is 1.62. The molecule has 1 N–H and O–H groups in total. The summed E-state index contributed by atoms with van der Waals surface area (Å²) in [4.78, 5) is 1.95. The van der Waals surface area contributed by atoms with Crippen LogP contribution in [-0.2, 0) is 22.8 Å². The molecule has 1 fully saturated rings. The number of thiocarbonyl (C=S) groups is 1. The second-order valence-corrected chi connectivity index (χ2v) is 8.85. The molecule has 1 aromatic heterocycles. The van der Waals surface area contributed by atoms with Crippen molar-refractivity contribution in [2.45, 2.75) is 25.4 Å². The van der Waals surface area contributed by atoms with Crippen LogP contribution in [0.4, 0.5) is 0 Å². The van der Waals surface area contributed by atoms with Crippen molar-refractivity contribution in [3.8, 4) is 0 Å². The standard InChI is InChI=1S/C18H22N2O3S2/c21-25(22)12-9-16(14-25)20(13-17-7-4-11-23-17)18(24)19-10-8-15-5-2-1-3-6-15/h1-7,11,16H,8-10,12-14H2,(H,19,24)/t16-/m0/s1. The number of furan rings is 1. The zero-order chi connectivity index (χ0) is 17.7. The highest BCUT2D eigenvalue weighted by atomic mass is 32.2. The summed E-state index contributed by atoms with van der Waals surface area (Å²) in [6.07, 6.45) is 3.08. The van der Waals surface area contributed by atoms with Crippen LogP contribution in [0.1, 0.15) is 17.7 Å². The van der Waals surface area contributed by atoms with E-state index in [4.69, 9.17) is 16.6 Å². The molecule has 1 aliphatic rings. The zero-order valence-corrected chi connectivity index (χ0v) is 15.6. The fraction of sp³-hybridized carbons (Fsp3) is 0.389. The fourth-order valence-corrected chi connectivity index (χ4v) is 5.06. The van der Waals surface area contributed by atoms with Gasteiger partial charge in [-0.15, -0.1) is 0 Å². The molecule has 2 heterocycles. The predicted octanol–water partition coefficient (Wildman–Crippen LogP) is 2.39. The Labute approximate surface area is 153 Å². The van der Waals surface area contributed by atoms with Crippen LogP contribution in [0.3, 0.4) is 0 Å². The summed E-state index contributed by atoms with van der Waals surface area (Å²) in [5.41, 5.74) is 1.24. The summed E-state index contributed by atoms with van der Waals surface area (Å²) < 4.78 is 29.1. The lowest BCUT2D eigenvalue weighted by Crippen LogP contribution is -2.46. The highest BCUT2D eigenvalue weighted by Gasteiger charge is 2.33. The third kappa shape index (κ3) is 5.06. The molecule has 1 aliphatic heterocycles. The largest absolute Gasteiger partial charge is 0.467 e. The maximum atomic E-state index is 11.9. The van der Waals surface area contributed by atoms with Crippen molar-refractivity contribution in [1.82, 2.24) is 10.2 Å². The minimum absolute atomic E-state index is 0.105. The number of sulfone groups is 1. The maximum Gasteiger partial charge on any atom is 0.169 e. The summed E-state index contributed by atoms with van der Waals surface area (Å²) in [5.74, 6) is 1.14. The third-order valence-electron chi connectivity index (χ3n) is 4.35. The van der Waals surface area contributed by atoms with Gasteiger partial charge in [0.15, 0.2) is 14.9 Å². The van der Waals surface area contributed by atoms with Crippen LogP contribution in [-0.4, -0.2) is 42.5 Å². The lowest BCUT2D eigenvalue weighted by molar-refractivity contribution is 0.295. The topological polar surface area (TPSA) is 62.6 Å². The van der Waals surface area contributed by atoms with E-state index in [1.807, 2.05) is 35.2 Å². The first kappa shape index (κ1) is 17.9. The van der Waals surface area contributed by atoms with E-state index in [1.165, 1.54) is 5.56 Å². The summed E-state index contributed by atoms with van der Waals surface area (Å²) in [5, 5.41) is 3.85. The van der Waals surface area contributed by atoms with Gasteiger partial charge in [0.25, 0.3) is 0 Å². The molecule has 0 bridgehead atoms. The predicted molar refractivity (Wildman–Crippen MR) is 102 cm³/mol. The van der Waals surface area contributed by atoms with Gasteiger partial charge >= 0.3 is 0 Å². The summed E-state index contributed by atoms with van der Waals surface area (Å²) in [6.45, 7) is 1.18. The number of benzene rings is 1. The molecule has 3 rings (SSSR count). The molecular formula is C18H22N2O3S2. The van der Waals surface area contributed by atoms with Gasteiger partial charge in [-0.1, -0.05) is 30.3 Å². The molecule has 0 radical (unpaired) electrons. The highest BCUT2D eigenvalue weighted by Crippen LogP contribution is 2.20. The van der Waals surface area contributed by atoms with Crippen LogP contribution in [0.5, 0.6) is 0 Å². The Bertz CT molecular complexity index is 789. The van der Waals surface area contributed by atoms with Gasteiger partial charge in [0.2, 0.25) is 0 Å². The Morgan fingerprint density at radius 2 is 2.04 bits per heavy atom. The average Bonchev–Trinajstić information content (AvgIpc) is 3.22. The van der Waals surface area contributed by atoms with E-state index in [0.717, 1.165) is 12.2 Å². The van der Waals surface area contributed by atoms with Gasteiger partial charge in [0, 0.05) is 12.6 Å². The zero-order valence-electron chi connectivity index (χ0n) is 13.9. The normalized spacial score (nSPS) is 18.8. The smallest absolute Gasteiger partial charge is 0.169 e. The number of hydrogen-bond acceptors (Lipinski definition) is 4.